The van der Waals surface area contributed by atoms with Crippen LogP contribution in [0.5, 0.6) is 0 Å². The van der Waals surface area contributed by atoms with Gasteiger partial charge in [0, 0.05) is 31.7 Å². The Kier molecular flexibility index (Phi) is 6.73. The summed E-state index contributed by atoms with van der Waals surface area (Å²) in [4.78, 5) is 27.2. The Morgan fingerprint density at radius 3 is 2.39 bits per heavy atom. The lowest BCUT2D eigenvalue weighted by molar-refractivity contribution is -0.127. The molecule has 10 heteroatoms. The predicted molar refractivity (Wildman–Crippen MR) is 113 cm³/mol. The van der Waals surface area contributed by atoms with Gasteiger partial charge in [0.2, 0.25) is 10.0 Å². The van der Waals surface area contributed by atoms with E-state index in [4.69, 9.17) is 5.73 Å². The number of halogens is 1. The zero-order chi connectivity index (χ0) is 22.8. The molecule has 31 heavy (non-hydrogen) atoms. The van der Waals surface area contributed by atoms with E-state index >= 15 is 0 Å². The Morgan fingerprint density at radius 1 is 1.10 bits per heavy atom. The lowest BCUT2D eigenvalue weighted by Gasteiger charge is -2.29. The first-order chi connectivity index (χ1) is 14.7. The molecule has 1 fully saturated rings. The van der Waals surface area contributed by atoms with Gasteiger partial charge in [-0.25, -0.2) is 12.8 Å². The number of nitrogens with two attached hydrogens (primary N) is 1. The van der Waals surface area contributed by atoms with Crippen LogP contribution in [0.4, 0.5) is 4.39 Å². The minimum atomic E-state index is -4.16. The third-order valence-electron chi connectivity index (χ3n) is 5.24. The number of carbonyl (C=O) groups is 2. The monoisotopic (exact) mass is 448 g/mol. The van der Waals surface area contributed by atoms with E-state index in [9.17, 15) is 22.4 Å². The van der Waals surface area contributed by atoms with Crippen LogP contribution in [0.25, 0.3) is 0 Å². The van der Waals surface area contributed by atoms with E-state index in [1.165, 1.54) is 4.90 Å². The second-order valence-electron chi connectivity index (χ2n) is 7.32. The van der Waals surface area contributed by atoms with Crippen molar-refractivity contribution in [2.75, 3.05) is 26.2 Å². The third kappa shape index (κ3) is 4.60. The number of nitrogens with one attached hydrogen (secondary N) is 1. The van der Waals surface area contributed by atoms with Crippen molar-refractivity contribution in [3.8, 4) is 0 Å². The third-order valence-corrected chi connectivity index (χ3v) is 7.11. The van der Waals surface area contributed by atoms with E-state index < -0.39 is 33.8 Å². The van der Waals surface area contributed by atoms with Crippen molar-refractivity contribution in [1.29, 1.82) is 0 Å². The van der Waals surface area contributed by atoms with Crippen molar-refractivity contribution >= 4 is 21.8 Å². The molecular formula is C21H25FN4O4S. The number of nitrogens with zero attached hydrogens (tertiary/aromatic N) is 2. The van der Waals surface area contributed by atoms with Crippen LogP contribution in [0.2, 0.25) is 0 Å². The highest BCUT2D eigenvalue weighted by atomic mass is 32.2. The summed E-state index contributed by atoms with van der Waals surface area (Å²) in [5.74, 6) is -1.68. The average molecular weight is 449 g/mol. The van der Waals surface area contributed by atoms with Crippen LogP contribution < -0.4 is 11.1 Å². The lowest BCUT2D eigenvalue weighted by atomic mass is 10.1. The number of carbonyl (C=O) groups excluding carboxylic acids is 2. The summed E-state index contributed by atoms with van der Waals surface area (Å²) in [6, 6.07) is 9.49. The Morgan fingerprint density at radius 2 is 1.77 bits per heavy atom. The Labute approximate surface area is 180 Å². The standard InChI is InChI=1S/C21H25FN4O4S/c1-14-3-4-16(13-15(14)2)21(28)25-11-12-26(20(25)19(27)24-10-9-23)31(29,30)18-7-5-17(22)6-8-18/h3-8,13,20H,9-12,23H2,1-2H3,(H,24,27). The summed E-state index contributed by atoms with van der Waals surface area (Å²) in [7, 11) is -4.16. The van der Waals surface area contributed by atoms with Gasteiger partial charge in [-0.2, -0.15) is 4.31 Å². The molecule has 2 aromatic rings. The number of aryl methyl sites for hydroxylation is 2. The van der Waals surface area contributed by atoms with E-state index in [0.717, 1.165) is 39.7 Å². The van der Waals surface area contributed by atoms with Gasteiger partial charge in [0.1, 0.15) is 5.82 Å². The summed E-state index contributed by atoms with van der Waals surface area (Å²) in [5, 5.41) is 2.57. The molecule has 3 N–H and O–H groups in total. The van der Waals surface area contributed by atoms with Crippen molar-refractivity contribution in [3.63, 3.8) is 0 Å². The van der Waals surface area contributed by atoms with Gasteiger partial charge in [0.25, 0.3) is 11.8 Å². The molecule has 8 nitrogen and oxygen atoms in total. The van der Waals surface area contributed by atoms with E-state index in [1.807, 2.05) is 13.8 Å². The van der Waals surface area contributed by atoms with Crippen molar-refractivity contribution in [2.24, 2.45) is 5.73 Å². The van der Waals surface area contributed by atoms with Gasteiger partial charge in [-0.15, -0.1) is 0 Å². The van der Waals surface area contributed by atoms with Crippen LogP contribution in [0.3, 0.4) is 0 Å². The quantitative estimate of drug-likeness (QED) is 0.684. The van der Waals surface area contributed by atoms with E-state index in [2.05, 4.69) is 5.32 Å². The van der Waals surface area contributed by atoms with Crippen molar-refractivity contribution in [3.05, 3.63) is 65.0 Å². The molecule has 1 atom stereocenters. The van der Waals surface area contributed by atoms with Gasteiger partial charge < -0.3 is 16.0 Å². The lowest BCUT2D eigenvalue weighted by Crippen LogP contribution is -2.54. The Balaban J connectivity index is 1.98. The van der Waals surface area contributed by atoms with E-state index in [0.29, 0.717) is 5.56 Å². The fourth-order valence-electron chi connectivity index (χ4n) is 3.41. The van der Waals surface area contributed by atoms with Crippen molar-refractivity contribution in [2.45, 2.75) is 24.9 Å². The number of hydrogen-bond donors (Lipinski definition) is 2. The Bertz CT molecular complexity index is 1090. The molecule has 2 aromatic carbocycles. The average Bonchev–Trinajstić information content (AvgIpc) is 3.20. The first kappa shape index (κ1) is 22.9. The fraction of sp³-hybridized carbons (Fsp3) is 0.333. The summed E-state index contributed by atoms with van der Waals surface area (Å²) >= 11 is 0. The number of sulfonamides is 1. The largest absolute Gasteiger partial charge is 0.352 e. The van der Waals surface area contributed by atoms with Crippen LogP contribution in [-0.2, 0) is 14.8 Å². The predicted octanol–water partition coefficient (Wildman–Crippen LogP) is 0.990. The molecule has 2 amide bonds. The SMILES string of the molecule is Cc1ccc(C(=O)N2CCN(S(=O)(=O)c3ccc(F)cc3)C2C(=O)NCCN)cc1C. The molecule has 1 saturated heterocycles. The van der Waals surface area contributed by atoms with Crippen molar-refractivity contribution < 1.29 is 22.4 Å². The van der Waals surface area contributed by atoms with Gasteiger partial charge in [0.15, 0.2) is 6.17 Å². The van der Waals surface area contributed by atoms with Gasteiger partial charge in [0.05, 0.1) is 4.90 Å². The summed E-state index contributed by atoms with van der Waals surface area (Å²) in [5.41, 5.74) is 7.73. The minimum absolute atomic E-state index is 0.0346. The van der Waals surface area contributed by atoms with Crippen LogP contribution in [0.15, 0.2) is 47.4 Å². The molecular weight excluding hydrogens is 423 g/mol. The summed E-state index contributed by atoms with van der Waals surface area (Å²) < 4.78 is 40.6. The zero-order valence-electron chi connectivity index (χ0n) is 17.3. The highest BCUT2D eigenvalue weighted by Gasteiger charge is 2.46. The molecule has 1 unspecified atom stereocenters. The summed E-state index contributed by atoms with van der Waals surface area (Å²) in [6.45, 7) is 4.04. The number of benzene rings is 2. The van der Waals surface area contributed by atoms with Gasteiger partial charge in [-0.3, -0.25) is 9.59 Å². The van der Waals surface area contributed by atoms with Gasteiger partial charge in [-0.05, 0) is 61.4 Å². The molecule has 3 rings (SSSR count). The molecule has 1 aliphatic heterocycles. The highest BCUT2D eigenvalue weighted by molar-refractivity contribution is 7.89. The molecule has 166 valence electrons. The van der Waals surface area contributed by atoms with Crippen LogP contribution in [-0.4, -0.2) is 61.8 Å². The maximum atomic E-state index is 13.3. The fourth-order valence-corrected chi connectivity index (χ4v) is 4.96. The second kappa shape index (κ2) is 9.13. The maximum Gasteiger partial charge on any atom is 0.259 e. The first-order valence-electron chi connectivity index (χ1n) is 9.80. The van der Waals surface area contributed by atoms with E-state index in [1.54, 1.807) is 18.2 Å². The van der Waals surface area contributed by atoms with E-state index in [-0.39, 0.29) is 31.1 Å². The topological polar surface area (TPSA) is 113 Å². The molecule has 0 aromatic heterocycles. The molecule has 0 saturated carbocycles. The maximum absolute atomic E-state index is 13.3. The first-order valence-corrected chi connectivity index (χ1v) is 11.2. The minimum Gasteiger partial charge on any atom is -0.352 e. The van der Waals surface area contributed by atoms with Crippen molar-refractivity contribution in [1.82, 2.24) is 14.5 Å². The second-order valence-corrected chi connectivity index (χ2v) is 9.21. The molecule has 0 spiro atoms. The number of hydrogen-bond acceptors (Lipinski definition) is 5. The number of rotatable bonds is 6. The normalized spacial score (nSPS) is 17.0. The highest BCUT2D eigenvalue weighted by Crippen LogP contribution is 2.26. The molecule has 1 aliphatic rings. The molecule has 0 aliphatic carbocycles. The van der Waals surface area contributed by atoms with Gasteiger partial charge in [-0.1, -0.05) is 6.07 Å². The number of amides is 2. The molecule has 0 radical (unpaired) electrons. The van der Waals surface area contributed by atoms with Crippen LogP contribution >= 0.6 is 0 Å². The van der Waals surface area contributed by atoms with Gasteiger partial charge >= 0.3 is 0 Å². The van der Waals surface area contributed by atoms with Crippen LogP contribution in [0.1, 0.15) is 21.5 Å². The smallest absolute Gasteiger partial charge is 0.259 e. The van der Waals surface area contributed by atoms with Crippen LogP contribution in [0, 0.1) is 19.7 Å². The Hall–Kier alpha value is -2.82. The zero-order valence-corrected chi connectivity index (χ0v) is 18.2. The molecule has 0 bridgehead atoms. The summed E-state index contributed by atoms with van der Waals surface area (Å²) in [6.07, 6.45) is -1.38. The molecule has 1 heterocycles.